The fourth-order valence-electron chi connectivity index (χ4n) is 6.34. The molecule has 0 bridgehead atoms. The van der Waals surface area contributed by atoms with Gasteiger partial charge in [-0.2, -0.15) is 0 Å². The minimum atomic E-state index is -1.32. The van der Waals surface area contributed by atoms with Crippen LogP contribution in [0, 0.1) is 10.1 Å². The lowest BCUT2D eigenvalue weighted by Crippen LogP contribution is -2.64. The standard InChI is InChI=1S/C37H49N5O9S/c1-22(40(7)35(47)51-36(2,3)4)32(44)39-31(37(5,6)52-21-30(43)50-8)34(46)41-20-25-18-26(42(48)49)17-16-24(25)19-29(41)33(45)38-28-15-11-13-23-12-9-10-14-27(23)28/h9-10,12,14,16-18,22,28-29,31H,11,13,15,19-21H2,1-8H3,(H,38,45)(H,39,44)/t22-,28?,29?,31?/m0/s1. The summed E-state index contributed by atoms with van der Waals surface area (Å²) in [7, 11) is 2.65. The molecular weight excluding hydrogens is 690 g/mol. The van der Waals surface area contributed by atoms with E-state index in [2.05, 4.69) is 10.6 Å². The lowest BCUT2D eigenvalue weighted by molar-refractivity contribution is -0.385. The van der Waals surface area contributed by atoms with Crippen LogP contribution in [0.4, 0.5) is 10.5 Å². The van der Waals surface area contributed by atoms with Gasteiger partial charge in [-0.1, -0.05) is 30.3 Å². The summed E-state index contributed by atoms with van der Waals surface area (Å²) >= 11 is 1.08. The highest BCUT2D eigenvalue weighted by molar-refractivity contribution is 8.01. The molecule has 15 heteroatoms. The summed E-state index contributed by atoms with van der Waals surface area (Å²) in [5, 5.41) is 17.7. The van der Waals surface area contributed by atoms with Gasteiger partial charge in [0.2, 0.25) is 17.7 Å². The topological polar surface area (TPSA) is 177 Å². The van der Waals surface area contributed by atoms with Gasteiger partial charge in [0, 0.05) is 36.9 Å². The zero-order chi connectivity index (χ0) is 38.5. The number of hydrogen-bond acceptors (Lipinski definition) is 10. The number of nitro groups is 1. The van der Waals surface area contributed by atoms with Gasteiger partial charge in [0.05, 0.1) is 23.8 Å². The molecule has 282 valence electrons. The van der Waals surface area contributed by atoms with Crippen molar-refractivity contribution in [3.05, 3.63) is 74.8 Å². The molecule has 3 unspecified atom stereocenters. The molecule has 4 rings (SSSR count). The molecule has 2 N–H and O–H groups in total. The van der Waals surface area contributed by atoms with Crippen molar-refractivity contribution < 1.29 is 38.4 Å². The van der Waals surface area contributed by atoms with Crippen molar-refractivity contribution >= 4 is 47.2 Å². The number of amides is 4. The van der Waals surface area contributed by atoms with Gasteiger partial charge in [-0.15, -0.1) is 11.8 Å². The molecule has 0 radical (unpaired) electrons. The average Bonchev–Trinajstić information content (AvgIpc) is 3.10. The summed E-state index contributed by atoms with van der Waals surface area (Å²) in [5.41, 5.74) is 2.36. The minimum Gasteiger partial charge on any atom is -0.468 e. The van der Waals surface area contributed by atoms with E-state index in [1.807, 2.05) is 24.3 Å². The van der Waals surface area contributed by atoms with Crippen LogP contribution in [0.1, 0.15) is 82.7 Å². The molecule has 2 aromatic rings. The number of thioether (sulfide) groups is 1. The SMILES string of the molecule is COC(=O)CSC(C)(C)C(NC(=O)[C@H](C)N(C)C(=O)OC(C)(C)C)C(=O)N1Cc2cc([N+](=O)[O-])ccc2CC1C(=O)NC1CCCc2ccccc21. The summed E-state index contributed by atoms with van der Waals surface area (Å²) in [6.07, 6.45) is 1.81. The molecule has 1 heterocycles. The molecule has 1 aliphatic heterocycles. The first-order chi connectivity index (χ1) is 24.3. The second kappa shape index (κ2) is 16.3. The predicted molar refractivity (Wildman–Crippen MR) is 195 cm³/mol. The number of methoxy groups -OCH3 is 1. The number of likely N-dealkylation sites (N-methyl/N-ethyl adjacent to an activating group) is 1. The molecule has 0 saturated carbocycles. The normalized spacial score (nSPS) is 18.1. The van der Waals surface area contributed by atoms with E-state index in [0.717, 1.165) is 40.6 Å². The molecule has 2 aliphatic rings. The number of non-ortho nitro benzene ring substituents is 1. The Balaban J connectivity index is 1.71. The molecule has 1 aliphatic carbocycles. The third-order valence-corrected chi connectivity index (χ3v) is 10.8. The highest BCUT2D eigenvalue weighted by Gasteiger charge is 2.45. The Bertz CT molecular complexity index is 1710. The molecule has 2 aromatic carbocycles. The van der Waals surface area contributed by atoms with E-state index in [1.165, 1.54) is 38.1 Å². The maximum atomic E-state index is 14.9. The van der Waals surface area contributed by atoms with Crippen LogP contribution >= 0.6 is 11.8 Å². The van der Waals surface area contributed by atoms with Crippen LogP contribution in [0.5, 0.6) is 0 Å². The number of ether oxygens (including phenoxy) is 2. The number of fused-ring (bicyclic) bond motifs is 2. The number of nitrogens with one attached hydrogen (secondary N) is 2. The zero-order valence-electron chi connectivity index (χ0n) is 31.0. The minimum absolute atomic E-state index is 0.0768. The highest BCUT2D eigenvalue weighted by atomic mass is 32.2. The van der Waals surface area contributed by atoms with Gasteiger partial charge >= 0.3 is 12.1 Å². The maximum absolute atomic E-state index is 14.9. The number of nitro benzene ring substituents is 1. The van der Waals surface area contributed by atoms with Crippen molar-refractivity contribution in [1.82, 2.24) is 20.4 Å². The van der Waals surface area contributed by atoms with Crippen LogP contribution in [-0.4, -0.2) is 92.9 Å². The summed E-state index contributed by atoms with van der Waals surface area (Å²) < 4.78 is 9.10. The first-order valence-corrected chi connectivity index (χ1v) is 18.2. The quantitative estimate of drug-likeness (QED) is 0.190. The third-order valence-electron chi connectivity index (χ3n) is 9.46. The van der Waals surface area contributed by atoms with Gasteiger partial charge in [0.25, 0.3) is 5.69 Å². The zero-order valence-corrected chi connectivity index (χ0v) is 31.8. The van der Waals surface area contributed by atoms with Crippen LogP contribution in [-0.2, 0) is 48.0 Å². The Morgan fingerprint density at radius 3 is 2.40 bits per heavy atom. The number of hydrogen-bond donors (Lipinski definition) is 2. The Kier molecular flexibility index (Phi) is 12.6. The predicted octanol–water partition coefficient (Wildman–Crippen LogP) is 4.47. The van der Waals surface area contributed by atoms with Crippen molar-refractivity contribution in [2.24, 2.45) is 0 Å². The van der Waals surface area contributed by atoms with Crippen molar-refractivity contribution in [1.29, 1.82) is 0 Å². The summed E-state index contributed by atoms with van der Waals surface area (Å²) in [6, 6.07) is 8.57. The Morgan fingerprint density at radius 2 is 1.75 bits per heavy atom. The first kappa shape index (κ1) is 40.1. The number of rotatable bonds is 11. The molecule has 0 fully saturated rings. The van der Waals surface area contributed by atoms with E-state index in [0.29, 0.717) is 17.5 Å². The number of benzene rings is 2. The molecule has 4 atom stereocenters. The molecule has 52 heavy (non-hydrogen) atoms. The van der Waals surface area contributed by atoms with E-state index >= 15 is 0 Å². The Labute approximate surface area is 308 Å². The van der Waals surface area contributed by atoms with Crippen LogP contribution in [0.15, 0.2) is 42.5 Å². The lowest BCUT2D eigenvalue weighted by atomic mass is 9.87. The largest absolute Gasteiger partial charge is 0.468 e. The Morgan fingerprint density at radius 1 is 1.06 bits per heavy atom. The molecule has 4 amide bonds. The molecule has 14 nitrogen and oxygen atoms in total. The summed E-state index contributed by atoms with van der Waals surface area (Å²) in [4.78, 5) is 81.7. The number of carbonyl (C=O) groups is 5. The van der Waals surface area contributed by atoms with Gasteiger partial charge in [0.1, 0.15) is 23.7 Å². The van der Waals surface area contributed by atoms with Crippen molar-refractivity contribution in [3.63, 3.8) is 0 Å². The maximum Gasteiger partial charge on any atom is 0.410 e. The van der Waals surface area contributed by atoms with Crippen LogP contribution in [0.2, 0.25) is 0 Å². The number of aryl methyl sites for hydroxylation is 1. The van der Waals surface area contributed by atoms with E-state index in [9.17, 15) is 34.1 Å². The summed E-state index contributed by atoms with van der Waals surface area (Å²) in [5.74, 6) is -2.40. The Hall–Kier alpha value is -4.66. The molecule has 0 aromatic heterocycles. The van der Waals surface area contributed by atoms with Gasteiger partial charge < -0.3 is 25.0 Å². The monoisotopic (exact) mass is 739 g/mol. The van der Waals surface area contributed by atoms with Gasteiger partial charge in [-0.25, -0.2) is 4.79 Å². The van der Waals surface area contributed by atoms with E-state index in [-0.39, 0.29) is 30.4 Å². The van der Waals surface area contributed by atoms with Crippen LogP contribution in [0.3, 0.4) is 0 Å². The molecule has 0 saturated heterocycles. The first-order valence-electron chi connectivity index (χ1n) is 17.2. The van der Waals surface area contributed by atoms with Gasteiger partial charge in [-0.3, -0.25) is 34.2 Å². The van der Waals surface area contributed by atoms with Crippen LogP contribution in [0.25, 0.3) is 0 Å². The van der Waals surface area contributed by atoms with E-state index in [1.54, 1.807) is 40.7 Å². The smallest absolute Gasteiger partial charge is 0.410 e. The second-order valence-electron chi connectivity index (χ2n) is 14.7. The third kappa shape index (κ3) is 9.60. The van der Waals surface area contributed by atoms with E-state index in [4.69, 9.17) is 9.47 Å². The van der Waals surface area contributed by atoms with E-state index < -0.39 is 63.2 Å². The lowest BCUT2D eigenvalue weighted by Gasteiger charge is -2.42. The number of carbonyl (C=O) groups excluding carboxylic acids is 5. The average molecular weight is 740 g/mol. The number of esters is 1. The van der Waals surface area contributed by atoms with Crippen LogP contribution < -0.4 is 10.6 Å². The van der Waals surface area contributed by atoms with Crippen molar-refractivity contribution in [2.45, 2.75) is 108 Å². The second-order valence-corrected chi connectivity index (χ2v) is 16.4. The molecular formula is C37H49N5O9S. The summed E-state index contributed by atoms with van der Waals surface area (Å²) in [6.45, 7) is 9.81. The number of nitrogens with zero attached hydrogens (tertiary/aromatic N) is 3. The van der Waals surface area contributed by atoms with Gasteiger partial charge in [0.15, 0.2) is 0 Å². The van der Waals surface area contributed by atoms with Crippen molar-refractivity contribution in [2.75, 3.05) is 19.9 Å². The fourth-order valence-corrected chi connectivity index (χ4v) is 7.27. The fraction of sp³-hybridized carbons (Fsp3) is 0.541. The molecule has 0 spiro atoms. The highest BCUT2D eigenvalue weighted by Crippen LogP contribution is 2.35. The van der Waals surface area contributed by atoms with Gasteiger partial charge in [-0.05, 0) is 83.1 Å². The van der Waals surface area contributed by atoms with Crippen molar-refractivity contribution in [3.8, 4) is 0 Å².